The number of nitrogens with zero attached hydrogens (tertiary/aromatic N) is 4. The summed E-state index contributed by atoms with van der Waals surface area (Å²) in [6, 6.07) is 11.0. The number of benzene rings is 1. The van der Waals surface area contributed by atoms with Crippen LogP contribution >= 0.6 is 15.9 Å². The predicted octanol–water partition coefficient (Wildman–Crippen LogP) is 2.83. The molecule has 3 aromatic rings. The monoisotopic (exact) mass is 390 g/mol. The molecule has 2 aromatic heterocycles. The van der Waals surface area contributed by atoms with Crippen molar-refractivity contribution in [1.29, 1.82) is 0 Å². The minimum Gasteiger partial charge on any atom is -0.358 e. The summed E-state index contributed by atoms with van der Waals surface area (Å²) in [5, 5.41) is 23.7. The second-order valence-electron chi connectivity index (χ2n) is 4.86. The molecule has 2 heterocycles. The molecule has 10 heteroatoms. The Hall–Kier alpha value is -3.01. The molecule has 3 rings (SSSR count). The number of carbonyl (C=O) groups excluding carboxylic acids is 1. The molecule has 0 bridgehead atoms. The van der Waals surface area contributed by atoms with Crippen molar-refractivity contribution in [2.45, 2.75) is 6.92 Å². The molecular formula is C14H11BrN6O3. The fraction of sp³-hybridized carbons (Fsp3) is 0.0714. The van der Waals surface area contributed by atoms with Gasteiger partial charge in [-0.25, -0.2) is 4.68 Å². The lowest BCUT2D eigenvalue weighted by molar-refractivity contribution is -0.390. The molecule has 0 unspecified atom stereocenters. The summed E-state index contributed by atoms with van der Waals surface area (Å²) in [4.78, 5) is 22.5. The third-order valence-electron chi connectivity index (χ3n) is 3.16. The van der Waals surface area contributed by atoms with Crippen molar-refractivity contribution in [1.82, 2.24) is 20.0 Å². The van der Waals surface area contributed by atoms with E-state index in [9.17, 15) is 14.9 Å². The van der Waals surface area contributed by atoms with Gasteiger partial charge in [-0.3, -0.25) is 4.79 Å². The molecule has 0 saturated heterocycles. The SMILES string of the molecule is Cc1cc(NC(=O)c2n[nH]c([N+](=O)[O-])c2Br)n(-c2ccccc2)n1. The molecule has 0 saturated carbocycles. The first-order chi connectivity index (χ1) is 11.5. The number of nitrogens with one attached hydrogen (secondary N) is 2. The largest absolute Gasteiger partial charge is 0.358 e. The average Bonchev–Trinajstić information content (AvgIpc) is 3.11. The highest BCUT2D eigenvalue weighted by Crippen LogP contribution is 2.26. The number of carbonyl (C=O) groups is 1. The van der Waals surface area contributed by atoms with Gasteiger partial charge in [0.2, 0.25) is 0 Å². The molecule has 0 atom stereocenters. The Bertz CT molecular complexity index is 918. The topological polar surface area (TPSA) is 119 Å². The summed E-state index contributed by atoms with van der Waals surface area (Å²) in [7, 11) is 0. The number of anilines is 1. The molecular weight excluding hydrogens is 380 g/mol. The van der Waals surface area contributed by atoms with Crippen LogP contribution in [0.4, 0.5) is 11.6 Å². The second kappa shape index (κ2) is 6.24. The maximum Gasteiger partial charge on any atom is 0.357 e. The first kappa shape index (κ1) is 15.9. The first-order valence-corrected chi connectivity index (χ1v) is 7.58. The van der Waals surface area contributed by atoms with Crippen LogP contribution in [0.5, 0.6) is 0 Å². The number of nitro groups is 1. The van der Waals surface area contributed by atoms with Gasteiger partial charge in [0.1, 0.15) is 10.3 Å². The lowest BCUT2D eigenvalue weighted by Crippen LogP contribution is -2.16. The van der Waals surface area contributed by atoms with Gasteiger partial charge >= 0.3 is 5.82 Å². The zero-order valence-corrected chi connectivity index (χ0v) is 13.9. The lowest BCUT2D eigenvalue weighted by atomic mass is 10.3. The maximum atomic E-state index is 12.4. The number of amides is 1. The van der Waals surface area contributed by atoms with Crippen molar-refractivity contribution >= 4 is 33.5 Å². The highest BCUT2D eigenvalue weighted by Gasteiger charge is 2.25. The summed E-state index contributed by atoms with van der Waals surface area (Å²) in [6.07, 6.45) is 0. The molecule has 0 aliphatic heterocycles. The van der Waals surface area contributed by atoms with Gasteiger partial charge in [-0.05, 0) is 39.9 Å². The van der Waals surface area contributed by atoms with Gasteiger partial charge in [0.05, 0.1) is 11.4 Å². The van der Waals surface area contributed by atoms with E-state index in [-0.39, 0.29) is 16.0 Å². The number of H-pyrrole nitrogens is 1. The van der Waals surface area contributed by atoms with Crippen molar-refractivity contribution in [3.05, 3.63) is 62.4 Å². The molecule has 0 fully saturated rings. The summed E-state index contributed by atoms with van der Waals surface area (Å²) in [5.41, 5.74) is 1.37. The minimum absolute atomic E-state index is 0.00695. The van der Waals surface area contributed by atoms with Crippen LogP contribution in [0.25, 0.3) is 5.69 Å². The molecule has 1 amide bonds. The summed E-state index contributed by atoms with van der Waals surface area (Å²) < 4.78 is 1.56. The summed E-state index contributed by atoms with van der Waals surface area (Å²) >= 11 is 3.02. The first-order valence-electron chi connectivity index (χ1n) is 6.79. The normalized spacial score (nSPS) is 10.6. The minimum atomic E-state index is -0.660. The number of aryl methyl sites for hydroxylation is 1. The molecule has 24 heavy (non-hydrogen) atoms. The molecule has 0 aliphatic carbocycles. The number of rotatable bonds is 4. The van der Waals surface area contributed by atoms with Gasteiger partial charge in [-0.1, -0.05) is 23.3 Å². The smallest absolute Gasteiger partial charge is 0.357 e. The molecule has 2 N–H and O–H groups in total. The number of hydrogen-bond donors (Lipinski definition) is 2. The van der Waals surface area contributed by atoms with E-state index in [0.717, 1.165) is 5.69 Å². The maximum absolute atomic E-state index is 12.4. The van der Waals surface area contributed by atoms with Gasteiger partial charge in [0.25, 0.3) is 5.91 Å². The van der Waals surface area contributed by atoms with Crippen molar-refractivity contribution in [3.8, 4) is 5.69 Å². The molecule has 122 valence electrons. The van der Waals surface area contributed by atoms with E-state index in [1.807, 2.05) is 30.3 Å². The third kappa shape index (κ3) is 2.91. The van der Waals surface area contributed by atoms with Crippen LogP contribution in [0.2, 0.25) is 0 Å². The molecule has 9 nitrogen and oxygen atoms in total. The fourth-order valence-electron chi connectivity index (χ4n) is 2.12. The van der Waals surface area contributed by atoms with Crippen molar-refractivity contribution < 1.29 is 9.72 Å². The van der Waals surface area contributed by atoms with E-state index >= 15 is 0 Å². The molecule has 0 spiro atoms. The Morgan fingerprint density at radius 2 is 2.08 bits per heavy atom. The van der Waals surface area contributed by atoms with Gasteiger partial charge in [0.15, 0.2) is 5.69 Å². The van der Waals surface area contributed by atoms with Crippen LogP contribution in [0, 0.1) is 17.0 Å². The highest BCUT2D eigenvalue weighted by atomic mass is 79.9. The molecule has 1 aromatic carbocycles. The zero-order valence-electron chi connectivity index (χ0n) is 12.4. The van der Waals surface area contributed by atoms with Gasteiger partial charge < -0.3 is 15.4 Å². The van der Waals surface area contributed by atoms with Gasteiger partial charge in [0, 0.05) is 6.07 Å². The zero-order chi connectivity index (χ0) is 17.3. The molecule has 0 radical (unpaired) electrons. The van der Waals surface area contributed by atoms with Crippen molar-refractivity contribution in [2.75, 3.05) is 5.32 Å². The number of aromatic nitrogens is 4. The number of para-hydroxylation sites is 1. The van der Waals surface area contributed by atoms with E-state index < -0.39 is 10.8 Å². The van der Waals surface area contributed by atoms with Crippen LogP contribution in [0.3, 0.4) is 0 Å². The fourth-order valence-corrected chi connectivity index (χ4v) is 2.62. The number of halogens is 1. The predicted molar refractivity (Wildman–Crippen MR) is 89.2 cm³/mol. The van der Waals surface area contributed by atoms with E-state index in [1.165, 1.54) is 0 Å². The van der Waals surface area contributed by atoms with Crippen LogP contribution in [-0.2, 0) is 0 Å². The Morgan fingerprint density at radius 1 is 1.38 bits per heavy atom. The highest BCUT2D eigenvalue weighted by molar-refractivity contribution is 9.10. The average molecular weight is 391 g/mol. The Balaban J connectivity index is 1.92. The standard InChI is InChI=1S/C14H11BrN6O3/c1-8-7-10(20(19-8)9-5-3-2-4-6-9)16-14(22)12-11(15)13(18-17-12)21(23)24/h2-7H,1H3,(H,16,22)(H,17,18). The Kier molecular flexibility index (Phi) is 4.13. The van der Waals surface area contributed by atoms with Crippen LogP contribution in [-0.4, -0.2) is 30.8 Å². The van der Waals surface area contributed by atoms with Crippen LogP contribution < -0.4 is 5.32 Å². The molecule has 0 aliphatic rings. The van der Waals surface area contributed by atoms with Crippen LogP contribution in [0.1, 0.15) is 16.2 Å². The lowest BCUT2D eigenvalue weighted by Gasteiger charge is -2.07. The quantitative estimate of drug-likeness (QED) is 0.524. The van der Waals surface area contributed by atoms with Crippen LogP contribution in [0.15, 0.2) is 40.9 Å². The van der Waals surface area contributed by atoms with Crippen molar-refractivity contribution in [2.24, 2.45) is 0 Å². The van der Waals surface area contributed by atoms with Crippen molar-refractivity contribution in [3.63, 3.8) is 0 Å². The van der Waals surface area contributed by atoms with E-state index in [1.54, 1.807) is 17.7 Å². The summed E-state index contributed by atoms with van der Waals surface area (Å²) in [6.45, 7) is 1.80. The van der Waals surface area contributed by atoms with E-state index in [0.29, 0.717) is 11.5 Å². The number of aromatic amines is 1. The van der Waals surface area contributed by atoms with E-state index in [4.69, 9.17) is 0 Å². The van der Waals surface area contributed by atoms with Gasteiger partial charge in [-0.15, -0.1) is 5.10 Å². The van der Waals surface area contributed by atoms with Gasteiger partial charge in [-0.2, -0.15) is 5.10 Å². The number of hydrogen-bond acceptors (Lipinski definition) is 5. The second-order valence-corrected chi connectivity index (χ2v) is 5.66. The third-order valence-corrected chi connectivity index (χ3v) is 3.91. The Morgan fingerprint density at radius 3 is 2.71 bits per heavy atom. The van der Waals surface area contributed by atoms with E-state index in [2.05, 4.69) is 36.5 Å². The summed E-state index contributed by atoms with van der Waals surface area (Å²) in [5.74, 6) is -0.544. The Labute approximate surface area is 144 Å².